The molecule has 6 atom stereocenters. The first-order valence-electron chi connectivity index (χ1n) is 12.4. The number of ether oxygens (including phenoxy) is 1. The fourth-order valence-corrected chi connectivity index (χ4v) is 6.66. The van der Waals surface area contributed by atoms with E-state index in [2.05, 4.69) is 0 Å². The van der Waals surface area contributed by atoms with Crippen molar-refractivity contribution in [2.45, 2.75) is 30.6 Å². The van der Waals surface area contributed by atoms with Gasteiger partial charge < -0.3 is 40.9 Å². The number of aromatic hydroxyl groups is 1. The van der Waals surface area contributed by atoms with Crippen molar-refractivity contribution >= 4 is 28.9 Å². The number of anilines is 1. The van der Waals surface area contributed by atoms with Gasteiger partial charge in [0.25, 0.3) is 5.91 Å². The molecule has 3 aliphatic carbocycles. The van der Waals surface area contributed by atoms with Crippen LogP contribution in [0.2, 0.25) is 0 Å². The monoisotopic (exact) mass is 529 g/mol. The number of hydrogen-bond donors (Lipinski definition) is 6. The van der Waals surface area contributed by atoms with Gasteiger partial charge in [0.1, 0.15) is 22.8 Å². The maximum Gasteiger partial charge on any atom is 0.255 e. The van der Waals surface area contributed by atoms with E-state index >= 15 is 0 Å². The number of morpholine rings is 1. The van der Waals surface area contributed by atoms with Crippen molar-refractivity contribution in [3.63, 3.8) is 0 Å². The zero-order valence-electron chi connectivity index (χ0n) is 21.2. The maximum atomic E-state index is 14.0. The van der Waals surface area contributed by atoms with Crippen LogP contribution in [0.15, 0.2) is 29.0 Å². The summed E-state index contributed by atoms with van der Waals surface area (Å²) >= 11 is 0. The minimum Gasteiger partial charge on any atom is -0.508 e. The number of nitrogens with zero attached hydrogens (tertiary/aromatic N) is 2. The van der Waals surface area contributed by atoms with Crippen molar-refractivity contribution in [3.05, 3.63) is 40.2 Å². The summed E-state index contributed by atoms with van der Waals surface area (Å²) in [5.41, 5.74) is 1.91. The molecule has 0 bridgehead atoms. The molecule has 0 unspecified atom stereocenters. The van der Waals surface area contributed by atoms with E-state index in [4.69, 9.17) is 10.5 Å². The van der Waals surface area contributed by atoms with Crippen LogP contribution in [0.1, 0.15) is 24.0 Å². The lowest BCUT2D eigenvalue weighted by atomic mass is 9.54. The molecule has 0 spiro atoms. The van der Waals surface area contributed by atoms with Gasteiger partial charge in [-0.3, -0.25) is 19.3 Å². The summed E-state index contributed by atoms with van der Waals surface area (Å²) in [5, 5.41) is 57.0. The van der Waals surface area contributed by atoms with Crippen LogP contribution in [0, 0.1) is 11.8 Å². The molecule has 38 heavy (non-hydrogen) atoms. The van der Waals surface area contributed by atoms with Gasteiger partial charge in [-0.2, -0.15) is 0 Å². The molecule has 1 aliphatic heterocycles. The summed E-state index contributed by atoms with van der Waals surface area (Å²) in [5.74, 6) is -8.97. The van der Waals surface area contributed by atoms with E-state index < -0.39 is 75.6 Å². The predicted molar refractivity (Wildman–Crippen MR) is 133 cm³/mol. The molecular formula is C26H31N3O9. The molecule has 0 aromatic heterocycles. The smallest absolute Gasteiger partial charge is 0.255 e. The van der Waals surface area contributed by atoms with Gasteiger partial charge in [-0.1, -0.05) is 13.0 Å². The van der Waals surface area contributed by atoms with Crippen molar-refractivity contribution in [2.24, 2.45) is 17.6 Å². The summed E-state index contributed by atoms with van der Waals surface area (Å²) in [6, 6.07) is 2.02. The molecule has 12 heteroatoms. The molecular weight excluding hydrogens is 498 g/mol. The number of phenols is 1. The number of nitrogens with two attached hydrogens (primary N) is 1. The molecule has 1 saturated heterocycles. The molecule has 1 heterocycles. The number of rotatable bonds is 3. The molecule has 4 aliphatic rings. The zero-order chi connectivity index (χ0) is 27.8. The number of benzene rings is 1. The third kappa shape index (κ3) is 3.27. The Labute approximate surface area is 218 Å². The third-order valence-electron chi connectivity index (χ3n) is 8.46. The Balaban J connectivity index is 1.75. The van der Waals surface area contributed by atoms with E-state index in [9.17, 15) is 39.9 Å². The van der Waals surface area contributed by atoms with Gasteiger partial charge in [0.15, 0.2) is 11.4 Å². The molecule has 7 N–H and O–H groups in total. The summed E-state index contributed by atoms with van der Waals surface area (Å²) in [4.78, 5) is 42.5. The van der Waals surface area contributed by atoms with Crippen LogP contribution in [0.4, 0.5) is 5.69 Å². The van der Waals surface area contributed by atoms with E-state index in [0.717, 1.165) is 0 Å². The topological polar surface area (TPSA) is 194 Å². The van der Waals surface area contributed by atoms with Crippen molar-refractivity contribution in [2.75, 3.05) is 45.3 Å². The van der Waals surface area contributed by atoms with Crippen molar-refractivity contribution in [1.29, 1.82) is 0 Å². The number of amides is 1. The normalized spacial score (nSPS) is 33.3. The second kappa shape index (κ2) is 8.80. The first-order valence-corrected chi connectivity index (χ1v) is 12.4. The fourth-order valence-electron chi connectivity index (χ4n) is 6.66. The number of fused-ring (bicyclic) bond motifs is 3. The maximum absolute atomic E-state index is 14.0. The Morgan fingerprint density at radius 1 is 1.16 bits per heavy atom. The van der Waals surface area contributed by atoms with Crippen LogP contribution >= 0.6 is 0 Å². The van der Waals surface area contributed by atoms with Gasteiger partial charge in [-0.25, -0.2) is 0 Å². The second-order valence-corrected chi connectivity index (χ2v) is 10.5. The van der Waals surface area contributed by atoms with Gasteiger partial charge in [0.05, 0.1) is 42.5 Å². The van der Waals surface area contributed by atoms with E-state index in [1.165, 1.54) is 19.0 Å². The number of primary amides is 1. The molecule has 1 amide bonds. The van der Waals surface area contributed by atoms with Gasteiger partial charge >= 0.3 is 0 Å². The van der Waals surface area contributed by atoms with Crippen LogP contribution in [0.3, 0.4) is 0 Å². The Hall–Kier alpha value is -3.45. The van der Waals surface area contributed by atoms with Crippen molar-refractivity contribution < 1.29 is 44.7 Å². The largest absolute Gasteiger partial charge is 0.508 e. The summed E-state index contributed by atoms with van der Waals surface area (Å²) in [6.07, 6.45) is -1.62. The number of likely N-dealkylation sites (N-methyl/N-ethyl adjacent to an activating group) is 1. The van der Waals surface area contributed by atoms with Gasteiger partial charge in [0.2, 0.25) is 5.78 Å². The minimum atomic E-state index is -2.93. The van der Waals surface area contributed by atoms with Crippen LogP contribution in [0.5, 0.6) is 5.75 Å². The highest BCUT2D eigenvalue weighted by Crippen LogP contribution is 2.56. The molecule has 1 saturated carbocycles. The predicted octanol–water partition coefficient (Wildman–Crippen LogP) is -0.668. The SMILES string of the molecule is C[C@@H]1c2ccc(N3CCOCC3)c(O)c2C(O)=C2C(=O)[C@]3(O)C(O)=C(C(N)=O)C(=O)[C@@H](N(C)C)[C@@H]3[C@@H](O)[C@@H]21. The molecule has 2 fully saturated rings. The van der Waals surface area contributed by atoms with Gasteiger partial charge in [-0.05, 0) is 31.6 Å². The first-order chi connectivity index (χ1) is 17.8. The Morgan fingerprint density at radius 3 is 2.37 bits per heavy atom. The molecule has 5 rings (SSSR count). The number of Topliss-reactive ketones (excluding diaryl/α,β-unsaturated/α-hetero) is 2. The quantitative estimate of drug-likeness (QED) is 0.272. The Kier molecular flexibility index (Phi) is 6.06. The van der Waals surface area contributed by atoms with Gasteiger partial charge in [-0.15, -0.1) is 0 Å². The van der Waals surface area contributed by atoms with Crippen LogP contribution in [0.25, 0.3) is 5.76 Å². The number of phenolic OH excluding ortho intramolecular Hbond substituents is 1. The van der Waals surface area contributed by atoms with E-state index in [-0.39, 0.29) is 11.3 Å². The van der Waals surface area contributed by atoms with Crippen molar-refractivity contribution in [1.82, 2.24) is 4.90 Å². The average molecular weight is 530 g/mol. The van der Waals surface area contributed by atoms with E-state index in [1.807, 2.05) is 4.90 Å². The number of carbonyl (C=O) groups excluding carboxylic acids is 3. The zero-order valence-corrected chi connectivity index (χ0v) is 21.2. The fraction of sp³-hybridized carbons (Fsp3) is 0.500. The number of carbonyl (C=O) groups is 3. The highest BCUT2D eigenvalue weighted by molar-refractivity contribution is 6.24. The molecule has 0 radical (unpaired) electrons. The first kappa shape index (κ1) is 26.2. The lowest BCUT2D eigenvalue weighted by Crippen LogP contribution is -2.70. The van der Waals surface area contributed by atoms with E-state index in [1.54, 1.807) is 19.1 Å². The molecule has 1 aromatic carbocycles. The van der Waals surface area contributed by atoms with Crippen molar-refractivity contribution in [3.8, 4) is 5.75 Å². The lowest BCUT2D eigenvalue weighted by Gasteiger charge is -2.53. The number of aliphatic hydroxyl groups excluding tert-OH is 3. The second-order valence-electron chi connectivity index (χ2n) is 10.5. The molecule has 1 aromatic rings. The van der Waals surface area contributed by atoms with Crippen LogP contribution < -0.4 is 10.6 Å². The number of ketones is 2. The number of hydrogen-bond acceptors (Lipinski definition) is 11. The highest BCUT2D eigenvalue weighted by atomic mass is 16.5. The standard InChI is InChI=1S/C26H31N3O9/c1-10-11-4-5-12(29-6-8-38-9-7-29)19(30)14(11)20(31)15-13(10)21(32)17-18(28(2)3)22(33)16(25(27)36)24(35)26(17,37)23(15)34/h4-5,10,13,17-18,21,30-32,35,37H,6-9H2,1-3H3,(H2,27,36)/t10-,13-,17-,18+,21+,26+/m1/s1. The molecule has 204 valence electrons. The third-order valence-corrected chi connectivity index (χ3v) is 8.46. The average Bonchev–Trinajstić information content (AvgIpc) is 2.86. The summed E-state index contributed by atoms with van der Waals surface area (Å²) in [6.45, 7) is 3.58. The van der Waals surface area contributed by atoms with Crippen LogP contribution in [-0.4, -0.2) is 106 Å². The molecule has 12 nitrogen and oxygen atoms in total. The Morgan fingerprint density at radius 2 is 1.79 bits per heavy atom. The number of aliphatic hydroxyl groups is 4. The van der Waals surface area contributed by atoms with Gasteiger partial charge in [0, 0.05) is 24.6 Å². The van der Waals surface area contributed by atoms with Crippen LogP contribution in [-0.2, 0) is 19.1 Å². The minimum absolute atomic E-state index is 0.0232. The lowest BCUT2D eigenvalue weighted by molar-refractivity contribution is -0.169. The Bertz CT molecular complexity index is 1310. The summed E-state index contributed by atoms with van der Waals surface area (Å²) < 4.78 is 5.37. The highest BCUT2D eigenvalue weighted by Gasteiger charge is 2.68. The summed E-state index contributed by atoms with van der Waals surface area (Å²) in [7, 11) is 2.93. The van der Waals surface area contributed by atoms with E-state index in [0.29, 0.717) is 37.6 Å².